The first-order valence-electron chi connectivity index (χ1n) is 6.36. The second-order valence-electron chi connectivity index (χ2n) is 4.26. The topological polar surface area (TPSA) is 18.5 Å². The fraction of sp³-hybridized carbons (Fsp3) is 0.250. The summed E-state index contributed by atoms with van der Waals surface area (Å²) < 4.78 is 11.8. The maximum atomic E-state index is 5.53. The average molecular weight is 400 g/mol. The number of hydrogen-bond donors (Lipinski definition) is 0. The van der Waals surface area contributed by atoms with Crippen molar-refractivity contribution < 1.29 is 9.47 Å². The molecule has 2 aromatic rings. The van der Waals surface area contributed by atoms with Crippen molar-refractivity contribution in [1.29, 1.82) is 0 Å². The van der Waals surface area contributed by atoms with Crippen molar-refractivity contribution in [3.05, 3.63) is 58.1 Å². The van der Waals surface area contributed by atoms with Crippen molar-refractivity contribution in [2.75, 3.05) is 13.7 Å². The van der Waals surface area contributed by atoms with Crippen molar-refractivity contribution in [3.63, 3.8) is 0 Å². The van der Waals surface area contributed by atoms with E-state index in [1.807, 2.05) is 31.2 Å². The van der Waals surface area contributed by atoms with Crippen LogP contribution < -0.4 is 9.47 Å². The number of hydrogen-bond acceptors (Lipinski definition) is 2. The molecule has 0 radical (unpaired) electrons. The highest BCUT2D eigenvalue weighted by Crippen LogP contribution is 2.36. The maximum absolute atomic E-state index is 5.53. The van der Waals surface area contributed by atoms with Gasteiger partial charge in [0, 0.05) is 0 Å². The van der Waals surface area contributed by atoms with E-state index in [1.165, 1.54) is 0 Å². The first kappa shape index (κ1) is 15.4. The van der Waals surface area contributed by atoms with Gasteiger partial charge in [-0.15, -0.1) is 0 Å². The molecule has 0 N–H and O–H groups in total. The minimum Gasteiger partial charge on any atom is -0.497 e. The Morgan fingerprint density at radius 2 is 1.85 bits per heavy atom. The second kappa shape index (κ2) is 7.14. The van der Waals surface area contributed by atoms with Crippen LogP contribution in [0.3, 0.4) is 0 Å². The van der Waals surface area contributed by atoms with Crippen LogP contribution in [0.4, 0.5) is 0 Å². The van der Waals surface area contributed by atoms with E-state index in [0.29, 0.717) is 6.61 Å². The van der Waals surface area contributed by atoms with E-state index >= 15 is 0 Å². The molecule has 0 fully saturated rings. The highest BCUT2D eigenvalue weighted by Gasteiger charge is 2.13. The van der Waals surface area contributed by atoms with Crippen molar-refractivity contribution >= 4 is 31.9 Å². The van der Waals surface area contributed by atoms with Gasteiger partial charge >= 0.3 is 0 Å². The molecule has 106 valence electrons. The summed E-state index contributed by atoms with van der Waals surface area (Å²) in [5.41, 5.74) is 2.31. The normalized spacial score (nSPS) is 12.0. The summed E-state index contributed by atoms with van der Waals surface area (Å²) in [6, 6.07) is 14.2. The summed E-state index contributed by atoms with van der Waals surface area (Å²) in [5.74, 6) is 1.72. The molecule has 0 amide bonds. The average Bonchev–Trinajstić information content (AvgIpc) is 2.49. The highest BCUT2D eigenvalue weighted by atomic mass is 79.9. The molecule has 0 heterocycles. The van der Waals surface area contributed by atoms with E-state index < -0.39 is 0 Å². The molecule has 0 aliphatic heterocycles. The molecule has 1 unspecified atom stereocenters. The molecule has 20 heavy (non-hydrogen) atoms. The number of ether oxygens (including phenoxy) is 2. The Kier molecular flexibility index (Phi) is 5.49. The lowest BCUT2D eigenvalue weighted by molar-refractivity contribution is 0.338. The van der Waals surface area contributed by atoms with E-state index in [-0.39, 0.29) is 4.83 Å². The molecule has 4 heteroatoms. The second-order valence-corrected chi connectivity index (χ2v) is 6.03. The summed E-state index contributed by atoms with van der Waals surface area (Å²) in [7, 11) is 1.68. The van der Waals surface area contributed by atoms with Gasteiger partial charge in [-0.3, -0.25) is 0 Å². The van der Waals surface area contributed by atoms with E-state index in [9.17, 15) is 0 Å². The summed E-state index contributed by atoms with van der Waals surface area (Å²) in [5, 5.41) is 0. The van der Waals surface area contributed by atoms with Crippen LogP contribution in [0.25, 0.3) is 0 Å². The minimum absolute atomic E-state index is 0.115. The van der Waals surface area contributed by atoms with Crippen LogP contribution in [0.15, 0.2) is 46.9 Å². The standard InChI is InChI=1S/C16H16Br2O2/c1-3-20-15-8-7-12(10-14(15)17)16(18)11-5-4-6-13(9-11)19-2/h4-10,16H,3H2,1-2H3. The van der Waals surface area contributed by atoms with Gasteiger partial charge < -0.3 is 9.47 Å². The molecule has 0 bridgehead atoms. The lowest BCUT2D eigenvalue weighted by atomic mass is 10.0. The lowest BCUT2D eigenvalue weighted by Gasteiger charge is -2.14. The van der Waals surface area contributed by atoms with Gasteiger partial charge in [0.15, 0.2) is 0 Å². The Labute approximate surface area is 136 Å². The lowest BCUT2D eigenvalue weighted by Crippen LogP contribution is -1.96. The SMILES string of the molecule is CCOc1ccc(C(Br)c2cccc(OC)c2)cc1Br. The van der Waals surface area contributed by atoms with Crippen LogP contribution in [0.1, 0.15) is 22.9 Å². The fourth-order valence-electron chi connectivity index (χ4n) is 1.94. The van der Waals surface area contributed by atoms with Gasteiger partial charge in [0.05, 0.1) is 23.0 Å². The Morgan fingerprint density at radius 3 is 2.50 bits per heavy atom. The first-order chi connectivity index (χ1) is 9.65. The van der Waals surface area contributed by atoms with Crippen LogP contribution in [0.2, 0.25) is 0 Å². The number of halogens is 2. The van der Waals surface area contributed by atoms with Crippen molar-refractivity contribution in [2.45, 2.75) is 11.8 Å². The van der Waals surface area contributed by atoms with Crippen LogP contribution in [-0.2, 0) is 0 Å². The Hall–Kier alpha value is -1.00. The van der Waals surface area contributed by atoms with Gasteiger partial charge in [0.1, 0.15) is 11.5 Å². The summed E-state index contributed by atoms with van der Waals surface area (Å²) in [6.07, 6.45) is 0. The zero-order valence-electron chi connectivity index (χ0n) is 11.4. The quantitative estimate of drug-likeness (QED) is 0.631. The van der Waals surface area contributed by atoms with Crippen LogP contribution in [0.5, 0.6) is 11.5 Å². The molecule has 0 saturated heterocycles. The number of benzene rings is 2. The highest BCUT2D eigenvalue weighted by molar-refractivity contribution is 9.10. The zero-order chi connectivity index (χ0) is 14.5. The number of rotatable bonds is 5. The molecule has 2 nitrogen and oxygen atoms in total. The van der Waals surface area contributed by atoms with Gasteiger partial charge in [-0.2, -0.15) is 0 Å². The van der Waals surface area contributed by atoms with Crippen LogP contribution in [0, 0.1) is 0 Å². The number of alkyl halides is 1. The predicted octanol–water partition coefficient (Wildman–Crippen LogP) is 5.34. The van der Waals surface area contributed by atoms with Gasteiger partial charge in [-0.05, 0) is 58.2 Å². The van der Waals surface area contributed by atoms with Crippen LogP contribution >= 0.6 is 31.9 Å². The third-order valence-electron chi connectivity index (χ3n) is 2.93. The smallest absolute Gasteiger partial charge is 0.133 e. The molecule has 2 rings (SSSR count). The third-order valence-corrected chi connectivity index (χ3v) is 4.61. The summed E-state index contributed by atoms with van der Waals surface area (Å²) >= 11 is 7.28. The molecule has 0 saturated carbocycles. The minimum atomic E-state index is 0.115. The molecular weight excluding hydrogens is 384 g/mol. The van der Waals surface area contributed by atoms with Gasteiger partial charge in [-0.1, -0.05) is 34.1 Å². The molecular formula is C16H16Br2O2. The van der Waals surface area contributed by atoms with Crippen molar-refractivity contribution in [2.24, 2.45) is 0 Å². The fourth-order valence-corrected chi connectivity index (χ4v) is 3.02. The molecule has 2 aromatic carbocycles. The number of methoxy groups -OCH3 is 1. The Bertz CT molecular complexity index is 584. The Balaban J connectivity index is 2.28. The van der Waals surface area contributed by atoms with Crippen LogP contribution in [-0.4, -0.2) is 13.7 Å². The molecule has 0 spiro atoms. The van der Waals surface area contributed by atoms with Gasteiger partial charge in [0.2, 0.25) is 0 Å². The monoisotopic (exact) mass is 398 g/mol. The van der Waals surface area contributed by atoms with Crippen molar-refractivity contribution in [1.82, 2.24) is 0 Å². The Morgan fingerprint density at radius 1 is 1.10 bits per heavy atom. The molecule has 0 aromatic heterocycles. The van der Waals surface area contributed by atoms with E-state index in [4.69, 9.17) is 9.47 Å². The largest absolute Gasteiger partial charge is 0.497 e. The molecule has 0 aliphatic carbocycles. The third kappa shape index (κ3) is 3.55. The van der Waals surface area contributed by atoms with Crippen molar-refractivity contribution in [3.8, 4) is 11.5 Å². The van der Waals surface area contributed by atoms with Gasteiger partial charge in [0.25, 0.3) is 0 Å². The maximum Gasteiger partial charge on any atom is 0.133 e. The van der Waals surface area contributed by atoms with E-state index in [1.54, 1.807) is 7.11 Å². The first-order valence-corrected chi connectivity index (χ1v) is 8.06. The molecule has 1 atom stereocenters. The van der Waals surface area contributed by atoms with E-state index in [2.05, 4.69) is 50.1 Å². The van der Waals surface area contributed by atoms with E-state index in [0.717, 1.165) is 27.1 Å². The zero-order valence-corrected chi connectivity index (χ0v) is 14.6. The summed E-state index contributed by atoms with van der Waals surface area (Å²) in [4.78, 5) is 0.115. The molecule has 0 aliphatic rings. The van der Waals surface area contributed by atoms with Gasteiger partial charge in [-0.25, -0.2) is 0 Å². The summed E-state index contributed by atoms with van der Waals surface area (Å²) in [6.45, 7) is 2.63. The predicted molar refractivity (Wildman–Crippen MR) is 89.1 cm³/mol.